The van der Waals surface area contributed by atoms with Crippen molar-refractivity contribution in [2.45, 2.75) is 11.3 Å². The molecule has 0 spiro atoms. The van der Waals surface area contributed by atoms with Crippen molar-refractivity contribution in [3.05, 3.63) is 65.7 Å². The van der Waals surface area contributed by atoms with Gasteiger partial charge in [-0.05, 0) is 24.1 Å². The number of carbonyl (C=O) groups is 1. The molecule has 132 valence electrons. The molecule has 1 aliphatic heterocycles. The molecule has 1 atom stereocenters. The second-order valence-electron chi connectivity index (χ2n) is 6.32. The van der Waals surface area contributed by atoms with Crippen molar-refractivity contribution < 1.29 is 9.00 Å². The molecule has 2 aromatic rings. The summed E-state index contributed by atoms with van der Waals surface area (Å²) in [5, 5.41) is 0. The molecule has 0 saturated carbocycles. The van der Waals surface area contributed by atoms with E-state index in [1.807, 2.05) is 23.1 Å². The Morgan fingerprint density at radius 3 is 2.28 bits per heavy atom. The monoisotopic (exact) mass is 356 g/mol. The molecule has 0 aliphatic carbocycles. The zero-order valence-corrected chi connectivity index (χ0v) is 15.4. The average molecular weight is 356 g/mol. The first-order chi connectivity index (χ1) is 12.1. The molecule has 1 fully saturated rings. The van der Waals surface area contributed by atoms with Gasteiger partial charge in [0.05, 0.1) is 21.3 Å². The van der Waals surface area contributed by atoms with Gasteiger partial charge in [-0.15, -0.1) is 0 Å². The third kappa shape index (κ3) is 4.55. The first kappa shape index (κ1) is 17.8. The SMILES string of the molecule is CS(=O)c1ccccc1C(=O)N1CCN(CCc2ccccc2)CC1. The van der Waals surface area contributed by atoms with Gasteiger partial charge in [-0.2, -0.15) is 0 Å². The maximum absolute atomic E-state index is 12.8. The summed E-state index contributed by atoms with van der Waals surface area (Å²) in [5.41, 5.74) is 1.92. The van der Waals surface area contributed by atoms with Crippen molar-refractivity contribution in [2.24, 2.45) is 0 Å². The third-order valence-corrected chi connectivity index (χ3v) is 5.62. The molecule has 1 unspecified atom stereocenters. The highest BCUT2D eigenvalue weighted by Crippen LogP contribution is 2.16. The smallest absolute Gasteiger partial charge is 0.255 e. The minimum atomic E-state index is -1.15. The number of benzene rings is 2. The molecule has 1 aliphatic rings. The summed E-state index contributed by atoms with van der Waals surface area (Å²) >= 11 is 0. The molecule has 4 nitrogen and oxygen atoms in total. The number of hydrogen-bond acceptors (Lipinski definition) is 3. The summed E-state index contributed by atoms with van der Waals surface area (Å²) in [5.74, 6) is -0.00601. The van der Waals surface area contributed by atoms with Gasteiger partial charge in [0.15, 0.2) is 0 Å². The van der Waals surface area contributed by atoms with Crippen LogP contribution in [0, 0.1) is 0 Å². The van der Waals surface area contributed by atoms with Gasteiger partial charge in [0.2, 0.25) is 0 Å². The molecule has 1 amide bonds. The van der Waals surface area contributed by atoms with E-state index in [2.05, 4.69) is 29.2 Å². The number of amides is 1. The van der Waals surface area contributed by atoms with Crippen molar-refractivity contribution in [3.63, 3.8) is 0 Å². The number of hydrogen-bond donors (Lipinski definition) is 0. The Morgan fingerprint density at radius 1 is 0.960 bits per heavy atom. The van der Waals surface area contributed by atoms with Crippen LogP contribution in [0.2, 0.25) is 0 Å². The normalized spacial score (nSPS) is 16.6. The van der Waals surface area contributed by atoms with E-state index in [1.54, 1.807) is 18.4 Å². The van der Waals surface area contributed by atoms with Gasteiger partial charge in [0.25, 0.3) is 5.91 Å². The van der Waals surface area contributed by atoms with Gasteiger partial charge in [0.1, 0.15) is 0 Å². The van der Waals surface area contributed by atoms with Crippen molar-refractivity contribution in [1.82, 2.24) is 9.80 Å². The van der Waals surface area contributed by atoms with Crippen LogP contribution in [0.5, 0.6) is 0 Å². The Morgan fingerprint density at radius 2 is 1.60 bits per heavy atom. The summed E-state index contributed by atoms with van der Waals surface area (Å²) in [6.07, 6.45) is 2.65. The largest absolute Gasteiger partial charge is 0.336 e. The van der Waals surface area contributed by atoms with Gasteiger partial charge < -0.3 is 4.90 Å². The highest BCUT2D eigenvalue weighted by Gasteiger charge is 2.24. The van der Waals surface area contributed by atoms with Crippen LogP contribution in [0.3, 0.4) is 0 Å². The highest BCUT2D eigenvalue weighted by atomic mass is 32.2. The van der Waals surface area contributed by atoms with Gasteiger partial charge in [0, 0.05) is 39.0 Å². The van der Waals surface area contributed by atoms with Crippen LogP contribution in [0.25, 0.3) is 0 Å². The second kappa shape index (κ2) is 8.41. The Kier molecular flexibility index (Phi) is 6.00. The maximum atomic E-state index is 12.8. The lowest BCUT2D eigenvalue weighted by atomic mass is 10.1. The minimum absolute atomic E-state index is 0.00601. The second-order valence-corrected chi connectivity index (χ2v) is 7.67. The zero-order valence-electron chi connectivity index (χ0n) is 14.6. The molecular weight excluding hydrogens is 332 g/mol. The number of piperazine rings is 1. The Labute approximate surface area is 151 Å². The first-order valence-corrected chi connectivity index (χ1v) is 10.2. The summed E-state index contributed by atoms with van der Waals surface area (Å²) in [4.78, 5) is 17.7. The van der Waals surface area contributed by atoms with Crippen LogP contribution in [-0.2, 0) is 17.2 Å². The average Bonchev–Trinajstić information content (AvgIpc) is 2.67. The van der Waals surface area contributed by atoms with E-state index in [0.717, 1.165) is 39.1 Å². The molecule has 1 saturated heterocycles. The summed E-state index contributed by atoms with van der Waals surface area (Å²) in [6, 6.07) is 17.7. The summed E-state index contributed by atoms with van der Waals surface area (Å²) in [6.45, 7) is 4.23. The molecule has 0 aromatic heterocycles. The quantitative estimate of drug-likeness (QED) is 0.826. The fraction of sp³-hybridized carbons (Fsp3) is 0.350. The predicted molar refractivity (Wildman–Crippen MR) is 101 cm³/mol. The summed E-state index contributed by atoms with van der Waals surface area (Å²) in [7, 11) is -1.15. The highest BCUT2D eigenvalue weighted by molar-refractivity contribution is 7.84. The molecule has 5 heteroatoms. The van der Waals surface area contributed by atoms with E-state index in [0.29, 0.717) is 10.5 Å². The molecule has 0 bridgehead atoms. The van der Waals surface area contributed by atoms with Crippen LogP contribution in [0.15, 0.2) is 59.5 Å². The van der Waals surface area contributed by atoms with Crippen LogP contribution in [0.4, 0.5) is 0 Å². The molecule has 1 heterocycles. The molecule has 0 N–H and O–H groups in total. The zero-order chi connectivity index (χ0) is 17.6. The standard InChI is InChI=1S/C20H24N2O2S/c1-25(24)19-10-6-5-9-18(19)20(23)22-15-13-21(14-16-22)12-11-17-7-3-2-4-8-17/h2-10H,11-16H2,1H3. The van der Waals surface area contributed by atoms with E-state index in [1.165, 1.54) is 5.56 Å². The van der Waals surface area contributed by atoms with Gasteiger partial charge in [-0.25, -0.2) is 0 Å². The predicted octanol–water partition coefficient (Wildman–Crippen LogP) is 2.42. The lowest BCUT2D eigenvalue weighted by Crippen LogP contribution is -2.49. The van der Waals surface area contributed by atoms with E-state index >= 15 is 0 Å². The van der Waals surface area contributed by atoms with Crippen LogP contribution in [0.1, 0.15) is 15.9 Å². The lowest BCUT2D eigenvalue weighted by Gasteiger charge is -2.35. The number of carbonyl (C=O) groups excluding carboxylic acids is 1. The van der Waals surface area contributed by atoms with Gasteiger partial charge in [-0.1, -0.05) is 42.5 Å². The number of nitrogens with zero attached hydrogens (tertiary/aromatic N) is 2. The lowest BCUT2D eigenvalue weighted by molar-refractivity contribution is 0.0635. The summed E-state index contributed by atoms with van der Waals surface area (Å²) < 4.78 is 11.9. The molecular formula is C20H24N2O2S. The molecule has 3 rings (SSSR count). The third-order valence-electron chi connectivity index (χ3n) is 4.65. The van der Waals surface area contributed by atoms with Gasteiger partial charge in [-0.3, -0.25) is 13.9 Å². The maximum Gasteiger partial charge on any atom is 0.255 e. The van der Waals surface area contributed by atoms with Crippen molar-refractivity contribution in [2.75, 3.05) is 39.0 Å². The van der Waals surface area contributed by atoms with Crippen molar-refractivity contribution >= 4 is 16.7 Å². The van der Waals surface area contributed by atoms with Crippen molar-refractivity contribution in [3.8, 4) is 0 Å². The number of rotatable bonds is 5. The molecule has 0 radical (unpaired) electrons. The topological polar surface area (TPSA) is 40.6 Å². The van der Waals surface area contributed by atoms with Crippen LogP contribution < -0.4 is 0 Å². The van der Waals surface area contributed by atoms with E-state index in [-0.39, 0.29) is 5.91 Å². The first-order valence-electron chi connectivity index (χ1n) is 8.63. The molecule has 25 heavy (non-hydrogen) atoms. The Bertz CT molecular complexity index is 740. The van der Waals surface area contributed by atoms with Crippen LogP contribution >= 0.6 is 0 Å². The van der Waals surface area contributed by atoms with E-state index in [4.69, 9.17) is 0 Å². The van der Waals surface area contributed by atoms with Crippen LogP contribution in [-0.4, -0.2) is 58.9 Å². The fourth-order valence-electron chi connectivity index (χ4n) is 3.17. The molecule has 2 aromatic carbocycles. The Balaban J connectivity index is 1.55. The fourth-order valence-corrected chi connectivity index (χ4v) is 3.91. The van der Waals surface area contributed by atoms with E-state index < -0.39 is 10.8 Å². The Hall–Kier alpha value is -1.98. The van der Waals surface area contributed by atoms with Crippen molar-refractivity contribution in [1.29, 1.82) is 0 Å². The van der Waals surface area contributed by atoms with Gasteiger partial charge >= 0.3 is 0 Å². The van der Waals surface area contributed by atoms with E-state index in [9.17, 15) is 9.00 Å². The minimum Gasteiger partial charge on any atom is -0.336 e.